The molecule has 6 nitrogen and oxygen atoms in total. The number of halogens is 5. The van der Waals surface area contributed by atoms with Gasteiger partial charge in [-0.15, -0.1) is 11.3 Å². The molecule has 0 saturated carbocycles. The molecule has 208 valence electrons. The van der Waals surface area contributed by atoms with E-state index in [9.17, 15) is 31.5 Å². The van der Waals surface area contributed by atoms with Crippen molar-refractivity contribution < 1.29 is 31.5 Å². The number of anilines is 1. The van der Waals surface area contributed by atoms with E-state index in [1.54, 1.807) is 23.5 Å². The fourth-order valence-corrected chi connectivity index (χ4v) is 4.88. The molecule has 2 aromatic carbocycles. The Bertz CT molecular complexity index is 1350. The van der Waals surface area contributed by atoms with E-state index < -0.39 is 24.6 Å². The Hall–Kier alpha value is -3.51. The predicted octanol–water partition coefficient (Wildman–Crippen LogP) is 5.41. The first-order chi connectivity index (χ1) is 18.3. The van der Waals surface area contributed by atoms with E-state index in [0.29, 0.717) is 16.5 Å². The maximum atomic E-state index is 13.2. The average Bonchev–Trinajstić information content (AvgIpc) is 3.34. The molecule has 12 heteroatoms. The van der Waals surface area contributed by atoms with E-state index in [0.717, 1.165) is 51.7 Å². The summed E-state index contributed by atoms with van der Waals surface area (Å²) in [7, 11) is 0. The van der Waals surface area contributed by atoms with Crippen LogP contribution in [0.1, 0.15) is 39.3 Å². The standard InChI is InChI=1S/C27H27F5N4O2S/c1-15-6-7-19(36-20-12-33-13-20)11-22(15)24(37)35-16(2)17-4-3-5-18(10-17)23-9-8-21(39-23)14-34-25(38)26(28,29)27(30,31)32/h3-11,16,20,33,36H,12-14H2,1-2H3,(H,34,38)(H,35,37)/t16-/m1/s1. The molecular formula is C27H27F5N4O2S. The molecule has 0 aliphatic carbocycles. The Morgan fingerprint density at radius 2 is 1.79 bits per heavy atom. The van der Waals surface area contributed by atoms with Crippen LogP contribution in [0.4, 0.5) is 27.6 Å². The lowest BCUT2D eigenvalue weighted by molar-refractivity contribution is -0.269. The molecule has 1 aliphatic heterocycles. The molecule has 1 aliphatic rings. The maximum absolute atomic E-state index is 13.2. The number of hydrogen-bond donors (Lipinski definition) is 4. The van der Waals surface area contributed by atoms with E-state index in [4.69, 9.17) is 0 Å². The van der Waals surface area contributed by atoms with Gasteiger partial charge in [-0.3, -0.25) is 9.59 Å². The van der Waals surface area contributed by atoms with Crippen LogP contribution in [-0.2, 0) is 11.3 Å². The zero-order chi connectivity index (χ0) is 28.4. The first-order valence-corrected chi connectivity index (χ1v) is 13.0. The molecule has 0 unspecified atom stereocenters. The van der Waals surface area contributed by atoms with E-state index in [1.807, 2.05) is 50.2 Å². The molecule has 2 heterocycles. The van der Waals surface area contributed by atoms with Gasteiger partial charge in [0.15, 0.2) is 0 Å². The average molecular weight is 567 g/mol. The van der Waals surface area contributed by atoms with Gasteiger partial charge in [-0.05, 0) is 60.9 Å². The number of benzene rings is 2. The molecule has 1 aromatic heterocycles. The highest BCUT2D eigenvalue weighted by Crippen LogP contribution is 2.36. The summed E-state index contributed by atoms with van der Waals surface area (Å²) >= 11 is 1.15. The van der Waals surface area contributed by atoms with Gasteiger partial charge in [-0.25, -0.2) is 0 Å². The summed E-state index contributed by atoms with van der Waals surface area (Å²) in [6, 6.07) is 16.3. The Kier molecular flexibility index (Phi) is 8.26. The molecule has 1 saturated heterocycles. The van der Waals surface area contributed by atoms with Crippen molar-refractivity contribution in [2.45, 2.75) is 44.6 Å². The van der Waals surface area contributed by atoms with Crippen molar-refractivity contribution in [3.05, 3.63) is 76.2 Å². The Labute approximate surface area is 226 Å². The minimum Gasteiger partial charge on any atom is -0.380 e. The van der Waals surface area contributed by atoms with Gasteiger partial charge in [0.2, 0.25) is 0 Å². The third kappa shape index (κ3) is 6.56. The second-order valence-corrected chi connectivity index (χ2v) is 10.5. The first kappa shape index (κ1) is 28.5. The molecule has 4 N–H and O–H groups in total. The van der Waals surface area contributed by atoms with Crippen LogP contribution in [0.3, 0.4) is 0 Å². The van der Waals surface area contributed by atoms with Crippen molar-refractivity contribution in [1.29, 1.82) is 0 Å². The van der Waals surface area contributed by atoms with Crippen molar-refractivity contribution in [3.8, 4) is 10.4 Å². The minimum absolute atomic E-state index is 0.217. The van der Waals surface area contributed by atoms with Crippen LogP contribution in [0.25, 0.3) is 10.4 Å². The molecule has 0 bridgehead atoms. The summed E-state index contributed by atoms with van der Waals surface area (Å²) in [5.41, 5.74) is 3.88. The summed E-state index contributed by atoms with van der Waals surface area (Å²) in [6.07, 6.45) is -5.96. The minimum atomic E-state index is -5.96. The van der Waals surface area contributed by atoms with Crippen LogP contribution in [0.2, 0.25) is 0 Å². The number of alkyl halides is 5. The van der Waals surface area contributed by atoms with Gasteiger partial charge < -0.3 is 21.3 Å². The normalized spacial score (nSPS) is 14.8. The SMILES string of the molecule is Cc1ccc(NC2CNC2)cc1C(=O)N[C@H](C)c1cccc(-c2ccc(CNC(=O)C(F)(F)C(F)(F)F)s2)c1. The lowest BCUT2D eigenvalue weighted by Gasteiger charge is -2.29. The second kappa shape index (κ2) is 11.3. The number of rotatable bonds is 9. The largest absolute Gasteiger partial charge is 0.463 e. The van der Waals surface area contributed by atoms with Crippen molar-refractivity contribution in [3.63, 3.8) is 0 Å². The Balaban J connectivity index is 1.40. The van der Waals surface area contributed by atoms with Crippen molar-refractivity contribution in [2.75, 3.05) is 18.4 Å². The Morgan fingerprint density at radius 1 is 1.05 bits per heavy atom. The van der Waals surface area contributed by atoms with Crippen LogP contribution in [0, 0.1) is 6.92 Å². The monoisotopic (exact) mass is 566 g/mol. The van der Waals surface area contributed by atoms with Crippen molar-refractivity contribution in [2.24, 2.45) is 0 Å². The number of carbonyl (C=O) groups is 2. The maximum Gasteiger partial charge on any atom is 0.463 e. The number of hydrogen-bond acceptors (Lipinski definition) is 5. The third-order valence-electron chi connectivity index (χ3n) is 6.38. The van der Waals surface area contributed by atoms with E-state index >= 15 is 0 Å². The van der Waals surface area contributed by atoms with Gasteiger partial charge in [-0.1, -0.05) is 24.3 Å². The van der Waals surface area contributed by atoms with Crippen LogP contribution in [0.5, 0.6) is 0 Å². The highest BCUT2D eigenvalue weighted by atomic mass is 32.1. The van der Waals surface area contributed by atoms with E-state index in [1.165, 1.54) is 0 Å². The quantitative estimate of drug-likeness (QED) is 0.261. The second-order valence-electron chi connectivity index (χ2n) is 9.37. The summed E-state index contributed by atoms with van der Waals surface area (Å²) < 4.78 is 63.4. The topological polar surface area (TPSA) is 82.3 Å². The molecule has 1 atom stereocenters. The van der Waals surface area contributed by atoms with E-state index in [2.05, 4.69) is 16.0 Å². The number of carbonyl (C=O) groups excluding carboxylic acids is 2. The van der Waals surface area contributed by atoms with Crippen LogP contribution < -0.4 is 21.3 Å². The molecule has 4 rings (SSSR count). The van der Waals surface area contributed by atoms with Crippen molar-refractivity contribution >= 4 is 28.8 Å². The fraction of sp³-hybridized carbons (Fsp3) is 0.333. The highest BCUT2D eigenvalue weighted by molar-refractivity contribution is 7.15. The molecule has 3 aromatic rings. The summed E-state index contributed by atoms with van der Waals surface area (Å²) in [4.78, 5) is 25.6. The molecule has 39 heavy (non-hydrogen) atoms. The van der Waals surface area contributed by atoms with Gasteiger partial charge in [0.25, 0.3) is 5.91 Å². The first-order valence-electron chi connectivity index (χ1n) is 12.2. The van der Waals surface area contributed by atoms with Crippen LogP contribution >= 0.6 is 11.3 Å². The van der Waals surface area contributed by atoms with E-state index in [-0.39, 0.29) is 11.9 Å². The smallest absolute Gasteiger partial charge is 0.380 e. The highest BCUT2D eigenvalue weighted by Gasteiger charge is 2.63. The number of thiophene rings is 1. The van der Waals surface area contributed by atoms with Crippen LogP contribution in [-0.4, -0.2) is 43.0 Å². The summed E-state index contributed by atoms with van der Waals surface area (Å²) in [5, 5.41) is 11.2. The van der Waals surface area contributed by atoms with Gasteiger partial charge in [0.05, 0.1) is 18.6 Å². The zero-order valence-corrected chi connectivity index (χ0v) is 21.9. The number of amides is 2. The Morgan fingerprint density at radius 3 is 2.46 bits per heavy atom. The number of nitrogens with one attached hydrogen (secondary N) is 4. The summed E-state index contributed by atoms with van der Waals surface area (Å²) in [5.74, 6) is -8.08. The van der Waals surface area contributed by atoms with Gasteiger partial charge in [-0.2, -0.15) is 22.0 Å². The third-order valence-corrected chi connectivity index (χ3v) is 7.51. The zero-order valence-electron chi connectivity index (χ0n) is 21.1. The molecule has 0 spiro atoms. The summed E-state index contributed by atoms with van der Waals surface area (Å²) in [6.45, 7) is 5.00. The molecular weight excluding hydrogens is 539 g/mol. The van der Waals surface area contributed by atoms with Crippen molar-refractivity contribution in [1.82, 2.24) is 16.0 Å². The fourth-order valence-electron chi connectivity index (χ4n) is 3.94. The lowest BCUT2D eigenvalue weighted by Crippen LogP contribution is -2.51. The molecule has 0 radical (unpaired) electrons. The van der Waals surface area contributed by atoms with Gasteiger partial charge >= 0.3 is 18.0 Å². The molecule has 1 fully saturated rings. The number of aryl methyl sites for hydroxylation is 1. The van der Waals surface area contributed by atoms with Gasteiger partial charge in [0, 0.05) is 34.1 Å². The van der Waals surface area contributed by atoms with Crippen LogP contribution in [0.15, 0.2) is 54.6 Å². The predicted molar refractivity (Wildman–Crippen MR) is 140 cm³/mol. The van der Waals surface area contributed by atoms with Gasteiger partial charge in [0.1, 0.15) is 0 Å². The molecule has 2 amide bonds. The lowest BCUT2D eigenvalue weighted by atomic mass is 10.0.